The molecule has 5 heteroatoms. The second-order valence-electron chi connectivity index (χ2n) is 3.17. The molecule has 2 rings (SSSR count). The lowest BCUT2D eigenvalue weighted by atomic mass is 10.2. The van der Waals surface area contributed by atoms with Gasteiger partial charge in [0, 0.05) is 23.7 Å². The molecule has 0 fully saturated rings. The van der Waals surface area contributed by atoms with Gasteiger partial charge in [0.1, 0.15) is 23.2 Å². The van der Waals surface area contributed by atoms with Gasteiger partial charge in [-0.3, -0.25) is 0 Å². The zero-order chi connectivity index (χ0) is 11.4. The molecule has 3 nitrogen and oxygen atoms in total. The van der Waals surface area contributed by atoms with Gasteiger partial charge in [-0.05, 0) is 18.2 Å². The molecule has 0 aliphatic carbocycles. The van der Waals surface area contributed by atoms with Crippen LogP contribution in [0.25, 0.3) is 0 Å². The van der Waals surface area contributed by atoms with Crippen molar-refractivity contribution in [3.8, 4) is 5.75 Å². The number of hydrogen-bond donors (Lipinski definition) is 1. The molecule has 0 unspecified atom stereocenters. The molecule has 0 radical (unpaired) electrons. The molecule has 0 amide bonds. The number of ether oxygens (including phenoxy) is 1. The third-order valence-electron chi connectivity index (χ3n) is 2.08. The van der Waals surface area contributed by atoms with Gasteiger partial charge in [-0.15, -0.1) is 11.3 Å². The molecule has 0 bridgehead atoms. The van der Waals surface area contributed by atoms with Crippen LogP contribution in [0.3, 0.4) is 0 Å². The highest BCUT2D eigenvalue weighted by molar-refractivity contribution is 7.09. The first-order valence-electron chi connectivity index (χ1n) is 4.79. The van der Waals surface area contributed by atoms with Gasteiger partial charge in [-0.2, -0.15) is 0 Å². The second-order valence-corrected chi connectivity index (χ2v) is 4.15. The molecule has 0 atom stereocenters. The molecule has 0 saturated carbocycles. The van der Waals surface area contributed by atoms with E-state index in [0.29, 0.717) is 17.9 Å². The van der Waals surface area contributed by atoms with Crippen molar-refractivity contribution in [1.82, 2.24) is 4.98 Å². The summed E-state index contributed by atoms with van der Waals surface area (Å²) in [5.74, 6) is 0.307. The molecule has 1 aromatic carbocycles. The summed E-state index contributed by atoms with van der Waals surface area (Å²) in [6, 6.07) is 4.33. The molecule has 1 aromatic heterocycles. The van der Waals surface area contributed by atoms with E-state index in [1.807, 2.05) is 5.38 Å². The summed E-state index contributed by atoms with van der Waals surface area (Å²) in [4.78, 5) is 4.09. The van der Waals surface area contributed by atoms with E-state index in [4.69, 9.17) is 10.5 Å². The van der Waals surface area contributed by atoms with Crippen LogP contribution < -0.4 is 10.5 Å². The van der Waals surface area contributed by atoms with Crippen molar-refractivity contribution >= 4 is 11.3 Å². The number of thiazole rings is 1. The second kappa shape index (κ2) is 5.05. The Bertz CT molecular complexity index is 459. The van der Waals surface area contributed by atoms with Crippen molar-refractivity contribution in [2.75, 3.05) is 0 Å². The highest BCUT2D eigenvalue weighted by atomic mass is 32.1. The molecular weight excluding hydrogens is 227 g/mol. The Morgan fingerprint density at radius 1 is 1.44 bits per heavy atom. The Morgan fingerprint density at radius 2 is 2.31 bits per heavy atom. The van der Waals surface area contributed by atoms with Gasteiger partial charge in [0.25, 0.3) is 0 Å². The number of hydrogen-bond acceptors (Lipinski definition) is 4. The lowest BCUT2D eigenvalue weighted by molar-refractivity contribution is 0.302. The van der Waals surface area contributed by atoms with Crippen molar-refractivity contribution < 1.29 is 9.13 Å². The fraction of sp³-hybridized carbons (Fsp3) is 0.182. The highest BCUT2D eigenvalue weighted by Gasteiger charge is 2.05. The summed E-state index contributed by atoms with van der Waals surface area (Å²) in [6.45, 7) is 0.640. The SMILES string of the molecule is NCc1cc(F)ccc1OCc1nccs1. The van der Waals surface area contributed by atoms with E-state index in [2.05, 4.69) is 4.98 Å². The van der Waals surface area contributed by atoms with E-state index < -0.39 is 0 Å². The molecule has 1 heterocycles. The average molecular weight is 238 g/mol. The van der Waals surface area contributed by atoms with Gasteiger partial charge >= 0.3 is 0 Å². The summed E-state index contributed by atoms with van der Waals surface area (Å²) in [5, 5.41) is 2.76. The maximum atomic E-state index is 12.9. The first-order valence-corrected chi connectivity index (χ1v) is 5.67. The highest BCUT2D eigenvalue weighted by Crippen LogP contribution is 2.20. The zero-order valence-corrected chi connectivity index (χ0v) is 9.34. The van der Waals surface area contributed by atoms with Gasteiger partial charge in [0.15, 0.2) is 0 Å². The van der Waals surface area contributed by atoms with Gasteiger partial charge in [0.2, 0.25) is 0 Å². The van der Waals surface area contributed by atoms with Crippen molar-refractivity contribution in [2.45, 2.75) is 13.2 Å². The number of nitrogens with zero attached hydrogens (tertiary/aromatic N) is 1. The van der Waals surface area contributed by atoms with Crippen LogP contribution >= 0.6 is 11.3 Å². The predicted molar refractivity (Wildman–Crippen MR) is 60.7 cm³/mol. The Hall–Kier alpha value is -1.46. The number of halogens is 1. The quantitative estimate of drug-likeness (QED) is 0.889. The summed E-state index contributed by atoms with van der Waals surface area (Å²) >= 11 is 1.52. The van der Waals surface area contributed by atoms with Crippen molar-refractivity contribution in [3.05, 3.63) is 46.2 Å². The van der Waals surface area contributed by atoms with Crippen LogP contribution in [0.5, 0.6) is 5.75 Å². The summed E-state index contributed by atoms with van der Waals surface area (Å²) < 4.78 is 18.5. The summed E-state index contributed by atoms with van der Waals surface area (Å²) in [6.07, 6.45) is 1.72. The van der Waals surface area contributed by atoms with Gasteiger partial charge in [-0.1, -0.05) is 0 Å². The third-order valence-corrected chi connectivity index (χ3v) is 2.83. The Morgan fingerprint density at radius 3 is 3.00 bits per heavy atom. The zero-order valence-electron chi connectivity index (χ0n) is 8.52. The number of nitrogens with two attached hydrogens (primary N) is 1. The third kappa shape index (κ3) is 2.56. The maximum absolute atomic E-state index is 12.9. The van der Waals surface area contributed by atoms with Crippen LogP contribution in [0.15, 0.2) is 29.8 Å². The van der Waals surface area contributed by atoms with E-state index in [1.54, 1.807) is 12.3 Å². The lowest BCUT2D eigenvalue weighted by Gasteiger charge is -2.08. The van der Waals surface area contributed by atoms with Crippen LogP contribution in [0.4, 0.5) is 4.39 Å². The molecule has 16 heavy (non-hydrogen) atoms. The average Bonchev–Trinajstić information content (AvgIpc) is 2.80. The summed E-state index contributed by atoms with van der Waals surface area (Å²) in [5.41, 5.74) is 6.17. The molecule has 0 saturated heterocycles. The van der Waals surface area contributed by atoms with Crippen LogP contribution in [0.2, 0.25) is 0 Å². The van der Waals surface area contributed by atoms with E-state index in [0.717, 1.165) is 5.01 Å². The molecule has 2 N–H and O–H groups in total. The Balaban J connectivity index is 2.09. The van der Waals surface area contributed by atoms with E-state index >= 15 is 0 Å². The van der Waals surface area contributed by atoms with Crippen LogP contribution in [-0.2, 0) is 13.2 Å². The van der Waals surface area contributed by atoms with Gasteiger partial charge < -0.3 is 10.5 Å². The largest absolute Gasteiger partial charge is 0.486 e. The standard InChI is InChI=1S/C11H11FN2OS/c12-9-1-2-10(8(5-9)6-13)15-7-11-14-3-4-16-11/h1-5H,6-7,13H2. The fourth-order valence-electron chi connectivity index (χ4n) is 1.31. The molecule has 0 aliphatic rings. The van der Waals surface area contributed by atoms with Crippen molar-refractivity contribution in [1.29, 1.82) is 0 Å². The van der Waals surface area contributed by atoms with Crippen molar-refractivity contribution in [3.63, 3.8) is 0 Å². The fourth-order valence-corrected chi connectivity index (χ4v) is 1.84. The minimum atomic E-state index is -0.304. The van der Waals surface area contributed by atoms with Crippen LogP contribution in [-0.4, -0.2) is 4.98 Å². The van der Waals surface area contributed by atoms with E-state index in [9.17, 15) is 4.39 Å². The van der Waals surface area contributed by atoms with Crippen LogP contribution in [0.1, 0.15) is 10.6 Å². The van der Waals surface area contributed by atoms with Crippen LogP contribution in [0, 0.1) is 5.82 Å². The molecule has 84 valence electrons. The smallest absolute Gasteiger partial charge is 0.140 e. The first kappa shape index (κ1) is 11.0. The maximum Gasteiger partial charge on any atom is 0.140 e. The number of rotatable bonds is 4. The monoisotopic (exact) mass is 238 g/mol. The summed E-state index contributed by atoms with van der Waals surface area (Å²) in [7, 11) is 0. The Kier molecular flexibility index (Phi) is 3.48. The molecular formula is C11H11FN2OS. The predicted octanol–water partition coefficient (Wildman–Crippen LogP) is 2.32. The molecule has 2 aromatic rings. The normalized spacial score (nSPS) is 10.4. The number of benzene rings is 1. The van der Waals surface area contributed by atoms with E-state index in [1.165, 1.54) is 23.5 Å². The molecule has 0 aliphatic heterocycles. The lowest BCUT2D eigenvalue weighted by Crippen LogP contribution is -2.03. The Labute approximate surface area is 96.7 Å². The van der Waals surface area contributed by atoms with Gasteiger partial charge in [0.05, 0.1) is 0 Å². The van der Waals surface area contributed by atoms with Gasteiger partial charge in [-0.25, -0.2) is 9.37 Å². The first-order chi connectivity index (χ1) is 7.79. The minimum absolute atomic E-state index is 0.255. The topological polar surface area (TPSA) is 48.1 Å². The van der Waals surface area contributed by atoms with E-state index in [-0.39, 0.29) is 12.4 Å². The molecule has 0 spiro atoms. The van der Waals surface area contributed by atoms with Crippen molar-refractivity contribution in [2.24, 2.45) is 5.73 Å². The minimum Gasteiger partial charge on any atom is -0.486 e. The number of aromatic nitrogens is 1.